The molecule has 204 valence electrons. The Balaban J connectivity index is 1.96. The van der Waals surface area contributed by atoms with Gasteiger partial charge in [0.15, 0.2) is 11.5 Å². The molecule has 1 aliphatic heterocycles. The molecule has 0 aliphatic carbocycles. The van der Waals surface area contributed by atoms with Crippen LogP contribution in [-0.4, -0.2) is 36.7 Å². The van der Waals surface area contributed by atoms with Crippen molar-refractivity contribution in [2.45, 2.75) is 52.1 Å². The first-order chi connectivity index (χ1) is 18.4. The second-order valence-corrected chi connectivity index (χ2v) is 11.0. The number of rotatable bonds is 6. The first-order valence-corrected chi connectivity index (χ1v) is 13.0. The maximum Gasteiger partial charge on any atom is 0.259 e. The van der Waals surface area contributed by atoms with E-state index in [4.69, 9.17) is 9.47 Å². The van der Waals surface area contributed by atoms with Gasteiger partial charge in [-0.2, -0.15) is 0 Å². The fraction of sp³-hybridized carbons (Fsp3) is 0.312. The van der Waals surface area contributed by atoms with E-state index in [0.29, 0.717) is 45.4 Å². The normalized spacial score (nSPS) is 16.3. The lowest BCUT2D eigenvalue weighted by Crippen LogP contribution is -2.51. The quantitative estimate of drug-likeness (QED) is 0.379. The number of amides is 2. The zero-order chi connectivity index (χ0) is 28.5. The lowest BCUT2D eigenvalue weighted by atomic mass is 9.85. The predicted molar refractivity (Wildman–Crippen MR) is 154 cm³/mol. The van der Waals surface area contributed by atoms with Crippen LogP contribution in [0.3, 0.4) is 0 Å². The Morgan fingerprint density at radius 3 is 2.28 bits per heavy atom. The summed E-state index contributed by atoms with van der Waals surface area (Å²) >= 11 is 0. The number of ether oxygens (including phenoxy) is 2. The van der Waals surface area contributed by atoms with Gasteiger partial charge in [0, 0.05) is 16.8 Å². The number of nitrogens with one attached hydrogen (secondary N) is 1. The van der Waals surface area contributed by atoms with Crippen molar-refractivity contribution in [2.75, 3.05) is 19.1 Å². The van der Waals surface area contributed by atoms with E-state index in [-0.39, 0.29) is 17.6 Å². The van der Waals surface area contributed by atoms with Gasteiger partial charge < -0.3 is 19.9 Å². The van der Waals surface area contributed by atoms with E-state index < -0.39 is 11.6 Å². The van der Waals surface area contributed by atoms with Gasteiger partial charge in [0.1, 0.15) is 11.8 Å². The molecule has 1 aliphatic rings. The molecule has 0 fully saturated rings. The summed E-state index contributed by atoms with van der Waals surface area (Å²) in [7, 11) is 3.03. The lowest BCUT2D eigenvalue weighted by molar-refractivity contribution is -0.126. The van der Waals surface area contributed by atoms with Gasteiger partial charge in [0.25, 0.3) is 5.91 Å². The zero-order valence-electron chi connectivity index (χ0n) is 23.5. The summed E-state index contributed by atoms with van der Waals surface area (Å²) in [6, 6.07) is 17.2. The van der Waals surface area contributed by atoms with Crippen LogP contribution in [0.4, 0.5) is 5.69 Å². The third-order valence-electron chi connectivity index (χ3n) is 6.65. The lowest BCUT2D eigenvalue weighted by Gasteiger charge is -2.39. The highest BCUT2D eigenvalue weighted by atomic mass is 16.5. The molecule has 1 unspecified atom stereocenters. The summed E-state index contributed by atoms with van der Waals surface area (Å²) in [6.45, 7) is 9.95. The number of aromatic hydroxyl groups is 1. The van der Waals surface area contributed by atoms with Crippen LogP contribution in [0.25, 0.3) is 11.6 Å². The molecule has 0 saturated carbocycles. The predicted octanol–water partition coefficient (Wildman–Crippen LogP) is 6.08. The summed E-state index contributed by atoms with van der Waals surface area (Å²) in [4.78, 5) is 29.7. The molecule has 7 heteroatoms. The van der Waals surface area contributed by atoms with Crippen LogP contribution in [0.15, 0.2) is 60.7 Å². The van der Waals surface area contributed by atoms with Crippen molar-refractivity contribution in [3.8, 4) is 17.2 Å². The van der Waals surface area contributed by atoms with Crippen molar-refractivity contribution in [3.63, 3.8) is 0 Å². The number of hydrogen-bond acceptors (Lipinski definition) is 5. The molecule has 0 bridgehead atoms. The van der Waals surface area contributed by atoms with Crippen LogP contribution < -0.4 is 19.7 Å². The summed E-state index contributed by atoms with van der Waals surface area (Å²) in [5.74, 6) is 0.587. The maximum absolute atomic E-state index is 14.4. The molecular formula is C32H36N2O5. The molecule has 0 spiro atoms. The van der Waals surface area contributed by atoms with E-state index in [1.54, 1.807) is 42.4 Å². The van der Waals surface area contributed by atoms with Crippen LogP contribution in [0.1, 0.15) is 68.8 Å². The molecule has 39 heavy (non-hydrogen) atoms. The number of phenolic OH excluding ortho intramolecular Hbond substituents is 1. The highest BCUT2D eigenvalue weighted by molar-refractivity contribution is 6.33. The summed E-state index contributed by atoms with van der Waals surface area (Å²) in [5, 5.41) is 13.1. The summed E-state index contributed by atoms with van der Waals surface area (Å²) < 4.78 is 10.8. The van der Waals surface area contributed by atoms with E-state index in [1.165, 1.54) is 13.2 Å². The standard InChI is InChI=1S/C32H36N2O5/c1-19(2)21-9-11-22(12-10-21)34-29(30(36)33-32(3,4)5)24-14-13-23(38-6)18-25(24)26(31(34)37)16-20-8-15-27(35)28(17-20)39-7/h8-19,29,35H,1-7H3,(H,33,36)/b26-16+. The highest BCUT2D eigenvalue weighted by Crippen LogP contribution is 2.42. The van der Waals surface area contributed by atoms with Gasteiger partial charge in [-0.3, -0.25) is 14.5 Å². The Kier molecular flexibility index (Phi) is 7.72. The van der Waals surface area contributed by atoms with Crippen molar-refractivity contribution in [1.29, 1.82) is 0 Å². The number of anilines is 1. The molecule has 0 aromatic heterocycles. The van der Waals surface area contributed by atoms with Crippen molar-refractivity contribution in [1.82, 2.24) is 5.32 Å². The molecule has 3 aromatic carbocycles. The fourth-order valence-electron chi connectivity index (χ4n) is 4.71. The second-order valence-electron chi connectivity index (χ2n) is 11.0. The smallest absolute Gasteiger partial charge is 0.259 e. The number of carbonyl (C=O) groups is 2. The number of fused-ring (bicyclic) bond motifs is 1. The maximum atomic E-state index is 14.4. The molecule has 3 aromatic rings. The first-order valence-electron chi connectivity index (χ1n) is 13.0. The van der Waals surface area contributed by atoms with E-state index in [2.05, 4.69) is 19.2 Å². The second kappa shape index (κ2) is 10.8. The van der Waals surface area contributed by atoms with Gasteiger partial charge in [-0.1, -0.05) is 38.1 Å². The molecule has 7 nitrogen and oxygen atoms in total. The first kappa shape index (κ1) is 27.8. The minimum atomic E-state index is -0.894. The fourth-order valence-corrected chi connectivity index (χ4v) is 4.71. The molecule has 1 heterocycles. The zero-order valence-corrected chi connectivity index (χ0v) is 23.5. The van der Waals surface area contributed by atoms with Crippen LogP contribution in [-0.2, 0) is 9.59 Å². The van der Waals surface area contributed by atoms with Gasteiger partial charge in [-0.25, -0.2) is 0 Å². The van der Waals surface area contributed by atoms with E-state index >= 15 is 0 Å². The minimum absolute atomic E-state index is 0.00229. The number of phenols is 1. The summed E-state index contributed by atoms with van der Waals surface area (Å²) in [6.07, 6.45) is 1.75. The monoisotopic (exact) mass is 528 g/mol. The molecule has 4 rings (SSSR count). The van der Waals surface area contributed by atoms with Crippen LogP contribution in [0.2, 0.25) is 0 Å². The number of carbonyl (C=O) groups excluding carboxylic acids is 2. The Hall–Kier alpha value is -4.26. The number of benzene rings is 3. The average molecular weight is 529 g/mol. The molecule has 0 saturated heterocycles. The van der Waals surface area contributed by atoms with Gasteiger partial charge >= 0.3 is 0 Å². The number of methoxy groups -OCH3 is 2. The molecule has 1 atom stereocenters. The van der Waals surface area contributed by atoms with Gasteiger partial charge in [-0.05, 0) is 91.4 Å². The average Bonchev–Trinajstić information content (AvgIpc) is 2.89. The molecular weight excluding hydrogens is 492 g/mol. The number of hydrogen-bond donors (Lipinski definition) is 2. The SMILES string of the molecule is COc1ccc2c(c1)/C(=C\c1ccc(O)c(OC)c1)C(=O)N(c1ccc(C(C)C)cc1)C2C(=O)NC(C)(C)C. The highest BCUT2D eigenvalue weighted by Gasteiger charge is 2.42. The molecule has 2 amide bonds. The van der Waals surface area contributed by atoms with Crippen molar-refractivity contribution < 1.29 is 24.2 Å². The Bertz CT molecular complexity index is 1420. The third-order valence-corrected chi connectivity index (χ3v) is 6.65. The third kappa shape index (κ3) is 5.77. The van der Waals surface area contributed by atoms with Gasteiger partial charge in [0.05, 0.1) is 14.2 Å². The van der Waals surface area contributed by atoms with Gasteiger partial charge in [-0.15, -0.1) is 0 Å². The minimum Gasteiger partial charge on any atom is -0.504 e. The topological polar surface area (TPSA) is 88.1 Å². The molecule has 2 N–H and O–H groups in total. The van der Waals surface area contributed by atoms with Gasteiger partial charge in [0.2, 0.25) is 5.91 Å². The van der Waals surface area contributed by atoms with Crippen molar-refractivity contribution >= 4 is 29.2 Å². The Morgan fingerprint density at radius 1 is 1.00 bits per heavy atom. The largest absolute Gasteiger partial charge is 0.504 e. The van der Waals surface area contributed by atoms with Crippen molar-refractivity contribution in [3.05, 3.63) is 82.9 Å². The van der Waals surface area contributed by atoms with Crippen molar-refractivity contribution in [2.24, 2.45) is 0 Å². The van der Waals surface area contributed by atoms with Crippen LogP contribution >= 0.6 is 0 Å². The Labute approximate surface area is 230 Å². The Morgan fingerprint density at radius 2 is 1.69 bits per heavy atom. The van der Waals surface area contributed by atoms with E-state index in [0.717, 1.165) is 5.56 Å². The summed E-state index contributed by atoms with van der Waals surface area (Å²) in [5.41, 5.74) is 3.60. The van der Waals surface area contributed by atoms with E-state index in [1.807, 2.05) is 51.1 Å². The number of nitrogens with zero attached hydrogens (tertiary/aromatic N) is 1. The van der Waals surface area contributed by atoms with Crippen LogP contribution in [0, 0.1) is 0 Å². The molecule has 0 radical (unpaired) electrons. The van der Waals surface area contributed by atoms with Crippen LogP contribution in [0.5, 0.6) is 17.2 Å². The van der Waals surface area contributed by atoms with E-state index in [9.17, 15) is 14.7 Å².